The van der Waals surface area contributed by atoms with E-state index in [1.165, 1.54) is 0 Å². The Labute approximate surface area is 128 Å². The number of hydrogen-bond donors (Lipinski definition) is 1. The topological polar surface area (TPSA) is 56.8 Å². The molecular formula is C17H17NO4. The molecule has 2 aromatic rings. The van der Waals surface area contributed by atoms with Gasteiger partial charge in [0.05, 0.1) is 27.8 Å². The number of hydrogen-bond acceptors (Lipinski definition) is 4. The zero-order valence-corrected chi connectivity index (χ0v) is 12.7. The fourth-order valence-electron chi connectivity index (χ4n) is 2.64. The van der Waals surface area contributed by atoms with Gasteiger partial charge < -0.3 is 19.5 Å². The normalized spacial score (nSPS) is 12.6. The molecule has 5 heteroatoms. The fourth-order valence-corrected chi connectivity index (χ4v) is 2.64. The van der Waals surface area contributed by atoms with Crippen molar-refractivity contribution in [3.05, 3.63) is 35.9 Å². The Morgan fingerprint density at radius 2 is 1.59 bits per heavy atom. The van der Waals surface area contributed by atoms with Crippen LogP contribution in [0.2, 0.25) is 0 Å². The van der Waals surface area contributed by atoms with Crippen molar-refractivity contribution in [3.63, 3.8) is 0 Å². The molecule has 0 aromatic heterocycles. The molecule has 3 rings (SSSR count). The van der Waals surface area contributed by atoms with Crippen LogP contribution in [-0.4, -0.2) is 27.2 Å². The van der Waals surface area contributed by atoms with E-state index < -0.39 is 0 Å². The quantitative estimate of drug-likeness (QED) is 0.943. The number of nitrogens with one attached hydrogen (secondary N) is 1. The summed E-state index contributed by atoms with van der Waals surface area (Å²) in [7, 11) is 4.75. The predicted octanol–water partition coefficient (Wildman–Crippen LogP) is 2.87. The molecule has 0 aliphatic carbocycles. The summed E-state index contributed by atoms with van der Waals surface area (Å²) >= 11 is 0. The molecule has 0 saturated carbocycles. The monoisotopic (exact) mass is 299 g/mol. The maximum Gasteiger partial charge on any atom is 0.228 e. The maximum atomic E-state index is 11.5. The molecule has 1 amide bonds. The lowest BCUT2D eigenvalue weighted by Gasteiger charge is -2.14. The minimum atomic E-state index is 0.0250. The van der Waals surface area contributed by atoms with Crippen molar-refractivity contribution in [2.75, 3.05) is 26.6 Å². The second kappa shape index (κ2) is 5.60. The molecule has 0 unspecified atom stereocenters. The van der Waals surface area contributed by atoms with Crippen LogP contribution >= 0.6 is 0 Å². The minimum absolute atomic E-state index is 0.0250. The van der Waals surface area contributed by atoms with Crippen LogP contribution in [-0.2, 0) is 11.2 Å². The van der Waals surface area contributed by atoms with Gasteiger partial charge in [0, 0.05) is 5.69 Å². The number of rotatable bonds is 4. The predicted molar refractivity (Wildman–Crippen MR) is 83.9 cm³/mol. The first-order chi connectivity index (χ1) is 10.7. The lowest BCUT2D eigenvalue weighted by Crippen LogP contribution is -2.03. The highest BCUT2D eigenvalue weighted by Gasteiger charge is 2.19. The van der Waals surface area contributed by atoms with Crippen LogP contribution in [0, 0.1) is 0 Å². The highest BCUT2D eigenvalue weighted by Crippen LogP contribution is 2.42. The summed E-state index contributed by atoms with van der Waals surface area (Å²) in [6.45, 7) is 0. The summed E-state index contributed by atoms with van der Waals surface area (Å²) in [6.07, 6.45) is 0.435. The van der Waals surface area contributed by atoms with E-state index in [-0.39, 0.29) is 5.91 Å². The molecule has 22 heavy (non-hydrogen) atoms. The molecule has 2 aromatic carbocycles. The van der Waals surface area contributed by atoms with Crippen LogP contribution < -0.4 is 19.5 Å². The largest absolute Gasteiger partial charge is 0.493 e. The van der Waals surface area contributed by atoms with Gasteiger partial charge in [-0.15, -0.1) is 0 Å². The molecule has 0 spiro atoms. The third-order valence-electron chi connectivity index (χ3n) is 3.73. The molecule has 0 bridgehead atoms. The molecule has 1 heterocycles. The smallest absolute Gasteiger partial charge is 0.228 e. The van der Waals surface area contributed by atoms with E-state index in [2.05, 4.69) is 5.32 Å². The van der Waals surface area contributed by atoms with Crippen molar-refractivity contribution in [1.82, 2.24) is 0 Å². The van der Waals surface area contributed by atoms with Crippen molar-refractivity contribution in [2.24, 2.45) is 0 Å². The second-order valence-corrected chi connectivity index (χ2v) is 5.01. The molecule has 0 fully saturated rings. The molecular weight excluding hydrogens is 282 g/mol. The van der Waals surface area contributed by atoms with Crippen LogP contribution in [0.3, 0.4) is 0 Å². The molecule has 114 valence electrons. The van der Waals surface area contributed by atoms with Crippen molar-refractivity contribution >= 4 is 11.6 Å². The van der Waals surface area contributed by atoms with Gasteiger partial charge in [0.15, 0.2) is 11.5 Å². The van der Waals surface area contributed by atoms with Gasteiger partial charge in [0.1, 0.15) is 0 Å². The second-order valence-electron chi connectivity index (χ2n) is 5.01. The maximum absolute atomic E-state index is 11.5. The van der Waals surface area contributed by atoms with Gasteiger partial charge in [-0.1, -0.05) is 12.1 Å². The molecule has 1 aliphatic rings. The number of benzene rings is 2. The van der Waals surface area contributed by atoms with Crippen LogP contribution in [0.25, 0.3) is 11.1 Å². The van der Waals surface area contributed by atoms with Crippen molar-refractivity contribution in [2.45, 2.75) is 6.42 Å². The van der Waals surface area contributed by atoms with Gasteiger partial charge in [-0.05, 0) is 34.9 Å². The summed E-state index contributed by atoms with van der Waals surface area (Å²) in [5.41, 5.74) is 3.77. The number of anilines is 1. The van der Waals surface area contributed by atoms with Gasteiger partial charge >= 0.3 is 0 Å². The minimum Gasteiger partial charge on any atom is -0.493 e. The molecule has 1 aliphatic heterocycles. The van der Waals surface area contributed by atoms with E-state index in [1.807, 2.05) is 30.3 Å². The van der Waals surface area contributed by atoms with Crippen LogP contribution in [0.4, 0.5) is 5.69 Å². The van der Waals surface area contributed by atoms with Crippen LogP contribution in [0.5, 0.6) is 17.2 Å². The van der Waals surface area contributed by atoms with Gasteiger partial charge in [-0.2, -0.15) is 0 Å². The zero-order chi connectivity index (χ0) is 15.7. The van der Waals surface area contributed by atoms with E-state index >= 15 is 0 Å². The van der Waals surface area contributed by atoms with Crippen LogP contribution in [0.1, 0.15) is 5.56 Å². The average molecular weight is 299 g/mol. The summed E-state index contributed by atoms with van der Waals surface area (Å²) in [5, 5.41) is 2.86. The molecule has 0 radical (unpaired) electrons. The fraction of sp³-hybridized carbons (Fsp3) is 0.235. The lowest BCUT2D eigenvalue weighted by molar-refractivity contribution is -0.115. The third-order valence-corrected chi connectivity index (χ3v) is 3.73. The highest BCUT2D eigenvalue weighted by atomic mass is 16.5. The molecule has 5 nitrogen and oxygen atoms in total. The van der Waals surface area contributed by atoms with Crippen molar-refractivity contribution < 1.29 is 19.0 Å². The van der Waals surface area contributed by atoms with E-state index in [1.54, 1.807) is 21.3 Å². The van der Waals surface area contributed by atoms with Gasteiger partial charge in [0.25, 0.3) is 0 Å². The average Bonchev–Trinajstić information content (AvgIpc) is 2.92. The van der Waals surface area contributed by atoms with Crippen molar-refractivity contribution in [3.8, 4) is 28.4 Å². The van der Waals surface area contributed by atoms with E-state index in [0.717, 1.165) is 22.4 Å². The first-order valence-corrected chi connectivity index (χ1v) is 6.89. The van der Waals surface area contributed by atoms with E-state index in [4.69, 9.17) is 14.2 Å². The number of carbonyl (C=O) groups is 1. The Morgan fingerprint density at radius 1 is 0.909 bits per heavy atom. The number of ether oxygens (including phenoxy) is 3. The highest BCUT2D eigenvalue weighted by molar-refractivity contribution is 6.00. The number of fused-ring (bicyclic) bond motifs is 1. The third kappa shape index (κ3) is 2.35. The SMILES string of the molecule is COc1cc(-c2ccc3c(c2)NC(=O)C3)cc(OC)c1OC. The molecule has 0 atom stereocenters. The number of carbonyl (C=O) groups excluding carboxylic acids is 1. The van der Waals surface area contributed by atoms with Crippen molar-refractivity contribution in [1.29, 1.82) is 0 Å². The molecule has 1 N–H and O–H groups in total. The number of methoxy groups -OCH3 is 3. The van der Waals surface area contributed by atoms with E-state index in [9.17, 15) is 4.79 Å². The Kier molecular flexibility index (Phi) is 3.63. The lowest BCUT2D eigenvalue weighted by atomic mass is 10.0. The first-order valence-electron chi connectivity index (χ1n) is 6.89. The Morgan fingerprint density at radius 3 is 2.18 bits per heavy atom. The Balaban J connectivity index is 2.09. The molecule has 0 saturated heterocycles. The number of amides is 1. The first kappa shape index (κ1) is 14.3. The van der Waals surface area contributed by atoms with Gasteiger partial charge in [0.2, 0.25) is 11.7 Å². The summed E-state index contributed by atoms with van der Waals surface area (Å²) < 4.78 is 16.1. The standard InChI is InChI=1S/C17H17NO4/c1-20-14-7-12(8-15(21-2)17(14)22-3)10-4-5-11-9-16(19)18-13(11)6-10/h4-8H,9H2,1-3H3,(H,18,19). The van der Waals surface area contributed by atoms with Gasteiger partial charge in [-0.25, -0.2) is 0 Å². The summed E-state index contributed by atoms with van der Waals surface area (Å²) in [5.74, 6) is 1.78. The van der Waals surface area contributed by atoms with Gasteiger partial charge in [-0.3, -0.25) is 4.79 Å². The Bertz CT molecular complexity index is 714. The van der Waals surface area contributed by atoms with E-state index in [0.29, 0.717) is 23.7 Å². The van der Waals surface area contributed by atoms with Crippen LogP contribution in [0.15, 0.2) is 30.3 Å². The summed E-state index contributed by atoms with van der Waals surface area (Å²) in [4.78, 5) is 11.5. The zero-order valence-electron chi connectivity index (χ0n) is 12.7. The Hall–Kier alpha value is -2.69. The summed E-state index contributed by atoms with van der Waals surface area (Å²) in [6, 6.07) is 9.69.